The molecular formula is C27H30BrNO2. The summed E-state index contributed by atoms with van der Waals surface area (Å²) in [6, 6.07) is 22.7. The van der Waals surface area contributed by atoms with Gasteiger partial charge in [-0.05, 0) is 45.9 Å². The number of rotatable bonds is 4. The van der Waals surface area contributed by atoms with Gasteiger partial charge in [0.2, 0.25) is 0 Å². The van der Waals surface area contributed by atoms with Gasteiger partial charge in [-0.2, -0.15) is 0 Å². The van der Waals surface area contributed by atoms with E-state index >= 15 is 0 Å². The summed E-state index contributed by atoms with van der Waals surface area (Å²) in [5, 5.41) is 12.3. The normalized spacial score (nSPS) is 19.2. The first-order chi connectivity index (χ1) is 14.7. The maximum Gasteiger partial charge on any atom is 0.131 e. The molecule has 4 heteroatoms. The Morgan fingerprint density at radius 1 is 1.00 bits per heavy atom. The van der Waals surface area contributed by atoms with Crippen molar-refractivity contribution in [2.24, 2.45) is 0 Å². The summed E-state index contributed by atoms with van der Waals surface area (Å²) in [6.45, 7) is 8.61. The van der Waals surface area contributed by atoms with E-state index in [1.807, 2.05) is 30.3 Å². The van der Waals surface area contributed by atoms with Crippen molar-refractivity contribution < 1.29 is 9.84 Å². The standard InChI is InChI=1S/C27H30BrNO2/c1-26(2,3)20-13-14-25(31-4)23(15-20)27(30)18-29(16-19-9-6-5-7-10-19)17-21-22(27)11-8-12-24(21)28/h5-15,30H,16-18H2,1-4H3. The van der Waals surface area contributed by atoms with Gasteiger partial charge in [0.25, 0.3) is 0 Å². The third kappa shape index (κ3) is 4.30. The van der Waals surface area contributed by atoms with E-state index in [0.29, 0.717) is 12.3 Å². The second kappa shape index (κ2) is 8.42. The van der Waals surface area contributed by atoms with Crippen LogP contribution in [-0.4, -0.2) is 23.7 Å². The molecule has 1 unspecified atom stereocenters. The quantitative estimate of drug-likeness (QED) is 0.497. The lowest BCUT2D eigenvalue weighted by Crippen LogP contribution is -2.46. The number of halogens is 1. The van der Waals surface area contributed by atoms with Gasteiger partial charge in [-0.1, -0.05) is 85.2 Å². The molecule has 0 aromatic heterocycles. The minimum atomic E-state index is -1.18. The van der Waals surface area contributed by atoms with Crippen LogP contribution in [0.15, 0.2) is 71.2 Å². The molecule has 3 nitrogen and oxygen atoms in total. The molecule has 1 heterocycles. The summed E-state index contributed by atoms with van der Waals surface area (Å²) >= 11 is 3.73. The zero-order valence-electron chi connectivity index (χ0n) is 18.7. The molecule has 4 rings (SSSR count). The van der Waals surface area contributed by atoms with Gasteiger partial charge < -0.3 is 9.84 Å². The molecule has 0 amide bonds. The average molecular weight is 480 g/mol. The van der Waals surface area contributed by atoms with Crippen LogP contribution in [-0.2, 0) is 24.1 Å². The molecule has 0 saturated heterocycles. The van der Waals surface area contributed by atoms with E-state index in [9.17, 15) is 5.11 Å². The fourth-order valence-corrected chi connectivity index (χ4v) is 4.97. The van der Waals surface area contributed by atoms with Gasteiger partial charge in [-0.15, -0.1) is 0 Å². The molecule has 1 N–H and O–H groups in total. The maximum atomic E-state index is 12.3. The molecule has 1 aliphatic heterocycles. The Morgan fingerprint density at radius 3 is 2.42 bits per heavy atom. The van der Waals surface area contributed by atoms with Gasteiger partial charge >= 0.3 is 0 Å². The van der Waals surface area contributed by atoms with Crippen LogP contribution < -0.4 is 4.74 Å². The number of hydrogen-bond acceptors (Lipinski definition) is 3. The summed E-state index contributed by atoms with van der Waals surface area (Å²) < 4.78 is 6.76. The zero-order valence-corrected chi connectivity index (χ0v) is 20.2. The SMILES string of the molecule is COc1ccc(C(C)(C)C)cc1C1(O)CN(Cc2ccccc2)Cc2c(Br)cccc21. The number of ether oxygens (including phenoxy) is 1. The Balaban J connectivity index is 1.86. The Morgan fingerprint density at radius 2 is 1.74 bits per heavy atom. The van der Waals surface area contributed by atoms with Gasteiger partial charge in [-0.25, -0.2) is 0 Å². The average Bonchev–Trinajstić information content (AvgIpc) is 2.74. The monoisotopic (exact) mass is 479 g/mol. The fraction of sp³-hybridized carbons (Fsp3) is 0.333. The predicted octanol–water partition coefficient (Wildman–Crippen LogP) is 6.01. The first-order valence-electron chi connectivity index (χ1n) is 10.7. The molecule has 0 spiro atoms. The van der Waals surface area contributed by atoms with Crippen LogP contribution >= 0.6 is 15.9 Å². The van der Waals surface area contributed by atoms with Crippen molar-refractivity contribution in [2.75, 3.05) is 13.7 Å². The summed E-state index contributed by atoms with van der Waals surface area (Å²) in [5.74, 6) is 0.711. The van der Waals surface area contributed by atoms with Crippen molar-refractivity contribution in [1.29, 1.82) is 0 Å². The zero-order chi connectivity index (χ0) is 22.2. The molecule has 1 atom stereocenters. The van der Waals surface area contributed by atoms with Crippen molar-refractivity contribution in [2.45, 2.75) is 44.9 Å². The lowest BCUT2D eigenvalue weighted by atomic mass is 9.77. The van der Waals surface area contributed by atoms with Gasteiger partial charge in [0, 0.05) is 29.7 Å². The number of β-amino-alcohol motifs (C(OH)–C–C–N with tert-alkyl or cyclic N) is 1. The number of hydrogen-bond donors (Lipinski definition) is 1. The highest BCUT2D eigenvalue weighted by atomic mass is 79.9. The third-order valence-electron chi connectivity index (χ3n) is 6.16. The lowest BCUT2D eigenvalue weighted by molar-refractivity contribution is 0.0134. The molecule has 162 valence electrons. The fourth-order valence-electron chi connectivity index (χ4n) is 4.48. The number of benzene rings is 3. The second-order valence-corrected chi connectivity index (χ2v) is 10.3. The molecule has 0 aliphatic carbocycles. The molecule has 0 saturated carbocycles. The molecule has 31 heavy (non-hydrogen) atoms. The molecule has 0 bridgehead atoms. The van der Waals surface area contributed by atoms with Crippen LogP contribution in [0.4, 0.5) is 0 Å². The van der Waals surface area contributed by atoms with E-state index in [0.717, 1.165) is 34.3 Å². The number of fused-ring (bicyclic) bond motifs is 1. The number of nitrogens with zero attached hydrogens (tertiary/aromatic N) is 1. The molecule has 1 aliphatic rings. The second-order valence-electron chi connectivity index (χ2n) is 9.42. The van der Waals surface area contributed by atoms with Crippen molar-refractivity contribution in [3.63, 3.8) is 0 Å². The summed E-state index contributed by atoms with van der Waals surface area (Å²) in [4.78, 5) is 2.31. The van der Waals surface area contributed by atoms with Crippen LogP contribution in [0.5, 0.6) is 5.75 Å². The highest BCUT2D eigenvalue weighted by molar-refractivity contribution is 9.10. The molecule has 3 aromatic rings. The van der Waals surface area contributed by atoms with Crippen molar-refractivity contribution in [3.05, 3.63) is 99.0 Å². The number of methoxy groups -OCH3 is 1. The first kappa shape index (κ1) is 22.1. The summed E-state index contributed by atoms with van der Waals surface area (Å²) in [6.07, 6.45) is 0. The van der Waals surface area contributed by atoms with Crippen LogP contribution in [0.25, 0.3) is 0 Å². The van der Waals surface area contributed by atoms with Crippen LogP contribution in [0.3, 0.4) is 0 Å². The van der Waals surface area contributed by atoms with E-state index < -0.39 is 5.60 Å². The Hall–Kier alpha value is -2.14. The van der Waals surface area contributed by atoms with Crippen molar-refractivity contribution in [3.8, 4) is 5.75 Å². The number of aliphatic hydroxyl groups is 1. The minimum absolute atomic E-state index is 0.0319. The van der Waals surface area contributed by atoms with E-state index in [2.05, 4.69) is 78.0 Å². The highest BCUT2D eigenvalue weighted by Crippen LogP contribution is 2.44. The van der Waals surface area contributed by atoms with E-state index in [4.69, 9.17) is 4.74 Å². The Bertz CT molecular complexity index is 1070. The Labute approximate surface area is 193 Å². The van der Waals surface area contributed by atoms with Crippen molar-refractivity contribution in [1.82, 2.24) is 4.90 Å². The topological polar surface area (TPSA) is 32.7 Å². The van der Waals surface area contributed by atoms with E-state index in [-0.39, 0.29) is 5.41 Å². The molecule has 3 aromatic carbocycles. The Kier molecular flexibility index (Phi) is 5.99. The lowest BCUT2D eigenvalue weighted by Gasteiger charge is -2.42. The first-order valence-corrected chi connectivity index (χ1v) is 11.5. The van der Waals surface area contributed by atoms with Gasteiger partial charge in [0.1, 0.15) is 11.4 Å². The van der Waals surface area contributed by atoms with Crippen LogP contribution in [0.1, 0.15) is 48.6 Å². The van der Waals surface area contributed by atoms with Gasteiger partial charge in [0.05, 0.1) is 7.11 Å². The minimum Gasteiger partial charge on any atom is -0.496 e. The molecule has 0 fully saturated rings. The largest absolute Gasteiger partial charge is 0.496 e. The highest BCUT2D eigenvalue weighted by Gasteiger charge is 2.42. The van der Waals surface area contributed by atoms with Gasteiger partial charge in [0.15, 0.2) is 0 Å². The van der Waals surface area contributed by atoms with Crippen molar-refractivity contribution >= 4 is 15.9 Å². The summed E-state index contributed by atoms with van der Waals surface area (Å²) in [7, 11) is 1.67. The van der Waals surface area contributed by atoms with Crippen LogP contribution in [0.2, 0.25) is 0 Å². The molecular weight excluding hydrogens is 450 g/mol. The maximum absolute atomic E-state index is 12.3. The smallest absolute Gasteiger partial charge is 0.131 e. The predicted molar refractivity (Wildman–Crippen MR) is 129 cm³/mol. The van der Waals surface area contributed by atoms with E-state index in [1.165, 1.54) is 11.1 Å². The molecule has 0 radical (unpaired) electrons. The van der Waals surface area contributed by atoms with E-state index in [1.54, 1.807) is 7.11 Å². The third-order valence-corrected chi connectivity index (χ3v) is 6.90. The summed E-state index contributed by atoms with van der Waals surface area (Å²) in [5.41, 5.74) is 4.07. The van der Waals surface area contributed by atoms with Gasteiger partial charge in [-0.3, -0.25) is 4.90 Å². The van der Waals surface area contributed by atoms with Crippen LogP contribution in [0, 0.1) is 0 Å².